The molecule has 1 aliphatic rings. The zero-order valence-electron chi connectivity index (χ0n) is 17.2. The predicted octanol–water partition coefficient (Wildman–Crippen LogP) is 2.20. The lowest BCUT2D eigenvalue weighted by molar-refractivity contribution is -0.119. The van der Waals surface area contributed by atoms with Gasteiger partial charge >= 0.3 is 6.09 Å². The first-order valence-corrected chi connectivity index (χ1v) is 9.49. The molecule has 1 fully saturated rings. The van der Waals surface area contributed by atoms with Gasteiger partial charge in [-0.2, -0.15) is 0 Å². The van der Waals surface area contributed by atoms with Crippen LogP contribution in [0, 0.1) is 0 Å². The second-order valence-corrected chi connectivity index (χ2v) is 7.63. The molecule has 0 atom stereocenters. The minimum atomic E-state index is -0.478. The van der Waals surface area contributed by atoms with Crippen LogP contribution in [0.1, 0.15) is 20.8 Å². The fourth-order valence-corrected chi connectivity index (χ4v) is 2.78. The quantitative estimate of drug-likeness (QED) is 0.765. The largest absolute Gasteiger partial charge is 0.490 e. The zero-order valence-corrected chi connectivity index (χ0v) is 17.2. The number of para-hydroxylation sites is 2. The molecule has 1 aromatic rings. The number of methoxy groups -OCH3 is 1. The van der Waals surface area contributed by atoms with E-state index in [-0.39, 0.29) is 18.6 Å². The van der Waals surface area contributed by atoms with Gasteiger partial charge in [0.2, 0.25) is 5.91 Å². The van der Waals surface area contributed by atoms with Crippen LogP contribution in [0.4, 0.5) is 10.5 Å². The van der Waals surface area contributed by atoms with Crippen LogP contribution in [0.3, 0.4) is 0 Å². The van der Waals surface area contributed by atoms with Crippen LogP contribution in [0.15, 0.2) is 24.3 Å². The molecular weight excluding hydrogens is 362 g/mol. The zero-order chi connectivity index (χ0) is 20.6. The van der Waals surface area contributed by atoms with Gasteiger partial charge in [0.05, 0.1) is 5.69 Å². The molecule has 0 aromatic heterocycles. The van der Waals surface area contributed by atoms with Crippen LogP contribution in [-0.4, -0.2) is 80.4 Å². The maximum absolute atomic E-state index is 12.1. The van der Waals surface area contributed by atoms with E-state index in [2.05, 4.69) is 10.2 Å². The van der Waals surface area contributed by atoms with Crippen LogP contribution in [0.25, 0.3) is 0 Å². The van der Waals surface area contributed by atoms with E-state index in [0.29, 0.717) is 31.1 Å². The Kier molecular flexibility index (Phi) is 8.07. The van der Waals surface area contributed by atoms with Crippen LogP contribution in [-0.2, 0) is 14.3 Å². The number of hydrogen-bond acceptors (Lipinski definition) is 6. The number of amides is 2. The number of nitrogens with zero attached hydrogens (tertiary/aromatic N) is 2. The van der Waals surface area contributed by atoms with E-state index in [9.17, 15) is 9.59 Å². The Bertz CT molecular complexity index is 651. The van der Waals surface area contributed by atoms with Crippen molar-refractivity contribution in [3.63, 3.8) is 0 Å². The lowest BCUT2D eigenvalue weighted by Gasteiger charge is -2.35. The van der Waals surface area contributed by atoms with Crippen LogP contribution in [0.2, 0.25) is 0 Å². The fourth-order valence-electron chi connectivity index (χ4n) is 2.78. The van der Waals surface area contributed by atoms with Crippen LogP contribution < -0.4 is 10.1 Å². The average molecular weight is 393 g/mol. The molecule has 8 nitrogen and oxygen atoms in total. The number of carbonyl (C=O) groups is 2. The van der Waals surface area contributed by atoms with Gasteiger partial charge in [-0.05, 0) is 32.9 Å². The summed E-state index contributed by atoms with van der Waals surface area (Å²) in [6, 6.07) is 7.32. The summed E-state index contributed by atoms with van der Waals surface area (Å²) in [6.07, 6.45) is -0.260. The highest BCUT2D eigenvalue weighted by Gasteiger charge is 2.25. The van der Waals surface area contributed by atoms with Crippen LogP contribution >= 0.6 is 0 Å². The molecule has 2 rings (SSSR count). The normalized spacial score (nSPS) is 15.2. The molecule has 0 saturated carbocycles. The summed E-state index contributed by atoms with van der Waals surface area (Å²) in [5.74, 6) is 0.399. The van der Waals surface area contributed by atoms with Crippen molar-refractivity contribution in [3.05, 3.63) is 24.3 Å². The number of nitrogens with one attached hydrogen (secondary N) is 1. The Labute approximate surface area is 166 Å². The van der Waals surface area contributed by atoms with Crippen molar-refractivity contribution in [1.29, 1.82) is 0 Å². The number of carbonyl (C=O) groups excluding carboxylic acids is 2. The van der Waals surface area contributed by atoms with Gasteiger partial charge in [0, 0.05) is 39.8 Å². The number of rotatable bonds is 7. The van der Waals surface area contributed by atoms with E-state index in [1.807, 2.05) is 39.0 Å². The Morgan fingerprint density at radius 1 is 1.11 bits per heavy atom. The highest BCUT2D eigenvalue weighted by molar-refractivity contribution is 5.93. The maximum Gasteiger partial charge on any atom is 0.410 e. The molecule has 2 amide bonds. The molecule has 1 aliphatic heterocycles. The molecule has 156 valence electrons. The van der Waals surface area contributed by atoms with Gasteiger partial charge < -0.3 is 24.4 Å². The summed E-state index contributed by atoms with van der Waals surface area (Å²) < 4.78 is 16.1. The van der Waals surface area contributed by atoms with E-state index < -0.39 is 5.60 Å². The maximum atomic E-state index is 12.1. The molecule has 0 unspecified atom stereocenters. The Morgan fingerprint density at radius 2 is 1.79 bits per heavy atom. The molecule has 0 bridgehead atoms. The smallest absolute Gasteiger partial charge is 0.410 e. The first-order chi connectivity index (χ1) is 13.3. The average Bonchev–Trinajstić information content (AvgIpc) is 2.62. The Balaban J connectivity index is 1.75. The minimum Gasteiger partial charge on any atom is -0.490 e. The van der Waals surface area contributed by atoms with Crippen molar-refractivity contribution in [1.82, 2.24) is 9.80 Å². The van der Waals surface area contributed by atoms with E-state index in [4.69, 9.17) is 14.2 Å². The summed E-state index contributed by atoms with van der Waals surface area (Å²) in [5, 5.41) is 2.78. The molecule has 28 heavy (non-hydrogen) atoms. The summed E-state index contributed by atoms with van der Waals surface area (Å²) in [7, 11) is 1.48. The first kappa shape index (κ1) is 22.0. The first-order valence-electron chi connectivity index (χ1n) is 9.49. The lowest BCUT2D eigenvalue weighted by Crippen LogP contribution is -2.50. The molecule has 0 aliphatic carbocycles. The van der Waals surface area contributed by atoms with E-state index >= 15 is 0 Å². The molecule has 1 heterocycles. The van der Waals surface area contributed by atoms with Crippen molar-refractivity contribution in [2.24, 2.45) is 0 Å². The molecule has 1 N–H and O–H groups in total. The molecule has 8 heteroatoms. The summed E-state index contributed by atoms with van der Waals surface area (Å²) in [5.41, 5.74) is 0.146. The number of hydrogen-bond donors (Lipinski definition) is 1. The molecular formula is C20H31N3O5. The van der Waals surface area contributed by atoms with Gasteiger partial charge in [-0.25, -0.2) is 4.79 Å². The number of piperazine rings is 1. The molecule has 1 saturated heterocycles. The van der Waals surface area contributed by atoms with Crippen molar-refractivity contribution in [2.45, 2.75) is 26.4 Å². The van der Waals surface area contributed by atoms with Gasteiger partial charge in [-0.3, -0.25) is 9.69 Å². The summed E-state index contributed by atoms with van der Waals surface area (Å²) in [4.78, 5) is 27.8. The summed E-state index contributed by atoms with van der Waals surface area (Å²) >= 11 is 0. The topological polar surface area (TPSA) is 80.3 Å². The number of anilines is 1. The highest BCUT2D eigenvalue weighted by atomic mass is 16.6. The minimum absolute atomic E-state index is 0.00371. The predicted molar refractivity (Wildman–Crippen MR) is 107 cm³/mol. The van der Waals surface area contributed by atoms with Gasteiger partial charge in [-0.15, -0.1) is 0 Å². The van der Waals surface area contributed by atoms with Crippen molar-refractivity contribution in [2.75, 3.05) is 58.4 Å². The van der Waals surface area contributed by atoms with Crippen molar-refractivity contribution < 1.29 is 23.8 Å². The van der Waals surface area contributed by atoms with E-state index in [1.54, 1.807) is 11.0 Å². The second-order valence-electron chi connectivity index (χ2n) is 7.63. The Morgan fingerprint density at radius 3 is 2.43 bits per heavy atom. The number of ether oxygens (including phenoxy) is 3. The highest BCUT2D eigenvalue weighted by Crippen LogP contribution is 2.23. The third-order valence-corrected chi connectivity index (χ3v) is 4.13. The number of benzene rings is 1. The van der Waals surface area contributed by atoms with Gasteiger partial charge in [0.15, 0.2) is 0 Å². The third kappa shape index (κ3) is 7.36. The lowest BCUT2D eigenvalue weighted by atomic mass is 10.2. The SMILES string of the molecule is COCC(=O)Nc1ccccc1OCCN1CCN(C(=O)OC(C)(C)C)CC1. The summed E-state index contributed by atoms with van der Waals surface area (Å²) in [6.45, 7) is 9.65. The van der Waals surface area contributed by atoms with Crippen molar-refractivity contribution in [3.8, 4) is 5.75 Å². The van der Waals surface area contributed by atoms with Crippen LogP contribution in [0.5, 0.6) is 5.75 Å². The third-order valence-electron chi connectivity index (χ3n) is 4.13. The van der Waals surface area contributed by atoms with Gasteiger partial charge in [0.1, 0.15) is 24.6 Å². The van der Waals surface area contributed by atoms with Crippen molar-refractivity contribution >= 4 is 17.7 Å². The van der Waals surface area contributed by atoms with Gasteiger partial charge in [0.25, 0.3) is 0 Å². The molecule has 1 aromatic carbocycles. The standard InChI is InChI=1S/C20H31N3O5/c1-20(2,3)28-19(25)23-11-9-22(10-12-23)13-14-27-17-8-6-5-7-16(17)21-18(24)15-26-4/h5-8H,9-15H2,1-4H3,(H,21,24). The second kappa shape index (κ2) is 10.3. The Hall–Kier alpha value is -2.32. The molecule has 0 spiro atoms. The monoisotopic (exact) mass is 393 g/mol. The molecule has 0 radical (unpaired) electrons. The fraction of sp³-hybridized carbons (Fsp3) is 0.600. The van der Waals surface area contributed by atoms with E-state index in [0.717, 1.165) is 19.6 Å². The van der Waals surface area contributed by atoms with E-state index in [1.165, 1.54) is 7.11 Å². The van der Waals surface area contributed by atoms with Gasteiger partial charge in [-0.1, -0.05) is 12.1 Å².